The van der Waals surface area contributed by atoms with Gasteiger partial charge in [-0.15, -0.1) is 0 Å². The molecule has 3 aromatic rings. The van der Waals surface area contributed by atoms with Crippen molar-refractivity contribution in [3.63, 3.8) is 0 Å². The highest BCUT2D eigenvalue weighted by Crippen LogP contribution is 2.23. The predicted molar refractivity (Wildman–Crippen MR) is 99.7 cm³/mol. The molecule has 26 heavy (non-hydrogen) atoms. The van der Waals surface area contributed by atoms with Crippen molar-refractivity contribution < 1.29 is 0 Å². The first-order valence-corrected chi connectivity index (χ1v) is 9.23. The monoisotopic (exact) mass is 352 g/mol. The van der Waals surface area contributed by atoms with Crippen LogP contribution in [0.25, 0.3) is 5.69 Å². The fraction of sp³-hybridized carbons (Fsp3) is 0.421. The molecule has 0 saturated carbocycles. The maximum absolute atomic E-state index is 13.2. The molecule has 0 unspecified atom stereocenters. The van der Waals surface area contributed by atoms with Crippen LogP contribution in [0.5, 0.6) is 0 Å². The second-order valence-corrected chi connectivity index (χ2v) is 6.68. The summed E-state index contributed by atoms with van der Waals surface area (Å²) in [5.74, 6) is 1.09. The van der Waals surface area contributed by atoms with Gasteiger partial charge in [-0.1, -0.05) is 18.2 Å². The van der Waals surface area contributed by atoms with Crippen LogP contribution < -0.4 is 11.0 Å². The number of hydrogen-bond acceptors (Lipinski definition) is 4. The molecule has 1 aromatic carbocycles. The van der Waals surface area contributed by atoms with Crippen LogP contribution in [-0.2, 0) is 13.1 Å². The number of imidazole rings is 1. The average Bonchev–Trinajstić information content (AvgIpc) is 3.28. The summed E-state index contributed by atoms with van der Waals surface area (Å²) in [6.07, 6.45) is 5.74. The van der Waals surface area contributed by atoms with Crippen LogP contribution in [0.15, 0.2) is 47.7 Å². The molecule has 0 aliphatic carbocycles. The number of rotatable bonds is 5. The van der Waals surface area contributed by atoms with E-state index in [2.05, 4.69) is 17.2 Å². The van der Waals surface area contributed by atoms with Gasteiger partial charge in [0.2, 0.25) is 0 Å². The van der Waals surface area contributed by atoms with Crippen molar-refractivity contribution in [3.8, 4) is 5.69 Å². The number of para-hydroxylation sites is 1. The number of benzene rings is 1. The number of nitrogens with zero attached hydrogens (tertiary/aromatic N) is 5. The summed E-state index contributed by atoms with van der Waals surface area (Å²) in [5, 5.41) is 8.17. The van der Waals surface area contributed by atoms with E-state index in [0.29, 0.717) is 6.54 Å². The van der Waals surface area contributed by atoms with Crippen LogP contribution in [0.4, 0.5) is 0 Å². The van der Waals surface area contributed by atoms with E-state index in [1.54, 1.807) is 21.8 Å². The number of piperidine rings is 1. The zero-order valence-corrected chi connectivity index (χ0v) is 15.0. The maximum atomic E-state index is 13.2. The van der Waals surface area contributed by atoms with Crippen LogP contribution >= 0.6 is 0 Å². The lowest BCUT2D eigenvalue weighted by Crippen LogP contribution is -2.31. The third kappa shape index (κ3) is 3.10. The Morgan fingerprint density at radius 2 is 2.12 bits per heavy atom. The van der Waals surface area contributed by atoms with Crippen LogP contribution in [-0.4, -0.2) is 37.0 Å². The lowest BCUT2D eigenvalue weighted by atomic mass is 9.99. The zero-order chi connectivity index (χ0) is 17.9. The zero-order valence-electron chi connectivity index (χ0n) is 15.0. The highest BCUT2D eigenvalue weighted by atomic mass is 16.2. The van der Waals surface area contributed by atoms with Crippen molar-refractivity contribution in [1.29, 1.82) is 0 Å². The summed E-state index contributed by atoms with van der Waals surface area (Å²) in [6, 6.07) is 9.79. The minimum absolute atomic E-state index is 0.0966. The van der Waals surface area contributed by atoms with Crippen molar-refractivity contribution in [1.82, 2.24) is 29.2 Å². The van der Waals surface area contributed by atoms with E-state index >= 15 is 0 Å². The molecule has 4 rings (SSSR count). The summed E-state index contributed by atoms with van der Waals surface area (Å²) < 4.78 is 5.38. The van der Waals surface area contributed by atoms with E-state index in [4.69, 9.17) is 5.10 Å². The molecule has 7 nitrogen and oxygen atoms in total. The normalized spacial score (nSPS) is 17.5. The minimum atomic E-state index is -0.0966. The first kappa shape index (κ1) is 16.8. The van der Waals surface area contributed by atoms with Crippen LogP contribution in [0, 0.1) is 0 Å². The Morgan fingerprint density at radius 1 is 1.27 bits per heavy atom. The molecular formula is C19H24N6O. The van der Waals surface area contributed by atoms with E-state index in [-0.39, 0.29) is 11.6 Å². The van der Waals surface area contributed by atoms with Gasteiger partial charge in [0.1, 0.15) is 5.82 Å². The molecule has 1 N–H and O–H groups in total. The molecule has 7 heteroatoms. The molecule has 0 bridgehead atoms. The fourth-order valence-corrected chi connectivity index (χ4v) is 3.60. The summed E-state index contributed by atoms with van der Waals surface area (Å²) in [5.41, 5.74) is 1.76. The second-order valence-electron chi connectivity index (χ2n) is 6.68. The van der Waals surface area contributed by atoms with Crippen molar-refractivity contribution in [2.24, 2.45) is 0 Å². The number of aromatic nitrogens is 5. The van der Waals surface area contributed by atoms with Gasteiger partial charge >= 0.3 is 5.69 Å². The maximum Gasteiger partial charge on any atom is 0.350 e. The standard InChI is InChI=1S/C19H24N6O/c1-2-23-14-21-12-17(23)13-24-19(26)25(16-8-4-3-5-9-16)18(22-24)15-7-6-10-20-11-15/h3-5,8-9,12,14-15,20H,2,6-7,10-11,13H2,1H3/t15-/m1/s1. The molecule has 136 valence electrons. The highest BCUT2D eigenvalue weighted by Gasteiger charge is 2.25. The molecule has 1 saturated heterocycles. The molecule has 0 spiro atoms. The Hall–Kier alpha value is -2.67. The predicted octanol–water partition coefficient (Wildman–Crippen LogP) is 1.77. The molecule has 1 aliphatic heterocycles. The van der Waals surface area contributed by atoms with Gasteiger partial charge in [0.25, 0.3) is 0 Å². The Morgan fingerprint density at radius 3 is 2.85 bits per heavy atom. The van der Waals surface area contributed by atoms with Gasteiger partial charge in [0.15, 0.2) is 0 Å². The molecule has 1 atom stereocenters. The number of aryl methyl sites for hydroxylation is 1. The first-order valence-electron chi connectivity index (χ1n) is 9.23. The van der Waals surface area contributed by atoms with E-state index in [1.165, 1.54) is 0 Å². The summed E-state index contributed by atoms with van der Waals surface area (Å²) in [7, 11) is 0. The Bertz CT molecular complexity index is 917. The van der Waals surface area contributed by atoms with Gasteiger partial charge in [0, 0.05) is 19.0 Å². The van der Waals surface area contributed by atoms with E-state index in [1.807, 2.05) is 34.9 Å². The van der Waals surface area contributed by atoms with Gasteiger partial charge in [0.05, 0.1) is 30.5 Å². The topological polar surface area (TPSA) is 69.7 Å². The number of nitrogens with one attached hydrogen (secondary N) is 1. The first-order chi connectivity index (χ1) is 12.8. The van der Waals surface area contributed by atoms with Gasteiger partial charge in [-0.05, 0) is 38.4 Å². The van der Waals surface area contributed by atoms with Gasteiger partial charge in [-0.3, -0.25) is 0 Å². The fourth-order valence-electron chi connectivity index (χ4n) is 3.60. The summed E-state index contributed by atoms with van der Waals surface area (Å²) in [6.45, 7) is 5.21. The van der Waals surface area contributed by atoms with E-state index in [0.717, 1.165) is 49.7 Å². The molecule has 1 fully saturated rings. The van der Waals surface area contributed by atoms with Crippen molar-refractivity contribution >= 4 is 0 Å². The second kappa shape index (κ2) is 7.29. The smallest absolute Gasteiger partial charge is 0.333 e. The molecule has 2 aromatic heterocycles. The van der Waals surface area contributed by atoms with Crippen molar-refractivity contribution in [2.75, 3.05) is 13.1 Å². The largest absolute Gasteiger partial charge is 0.350 e. The van der Waals surface area contributed by atoms with Crippen LogP contribution in [0.2, 0.25) is 0 Å². The number of hydrogen-bond donors (Lipinski definition) is 1. The molecule has 3 heterocycles. The van der Waals surface area contributed by atoms with Gasteiger partial charge in [-0.25, -0.2) is 19.0 Å². The van der Waals surface area contributed by atoms with E-state index < -0.39 is 0 Å². The summed E-state index contributed by atoms with van der Waals surface area (Å²) >= 11 is 0. The Balaban J connectivity index is 1.78. The average molecular weight is 352 g/mol. The molecule has 1 aliphatic rings. The molecule has 0 radical (unpaired) electrons. The van der Waals surface area contributed by atoms with E-state index in [9.17, 15) is 4.79 Å². The SMILES string of the molecule is CCn1cncc1Cn1nc([C@@H]2CCCNC2)n(-c2ccccc2)c1=O. The highest BCUT2D eigenvalue weighted by molar-refractivity contribution is 5.33. The lowest BCUT2D eigenvalue weighted by molar-refractivity contribution is 0.439. The molecular weight excluding hydrogens is 328 g/mol. The Labute approximate surface area is 152 Å². The van der Waals surface area contributed by atoms with Crippen LogP contribution in [0.3, 0.4) is 0 Å². The van der Waals surface area contributed by atoms with Gasteiger partial charge in [-0.2, -0.15) is 5.10 Å². The quantitative estimate of drug-likeness (QED) is 0.760. The van der Waals surface area contributed by atoms with Crippen LogP contribution in [0.1, 0.15) is 37.2 Å². The minimum Gasteiger partial charge on any atom is -0.333 e. The van der Waals surface area contributed by atoms with Gasteiger partial charge < -0.3 is 9.88 Å². The third-order valence-electron chi connectivity index (χ3n) is 4.99. The summed E-state index contributed by atoms with van der Waals surface area (Å²) in [4.78, 5) is 17.4. The van der Waals surface area contributed by atoms with Crippen molar-refractivity contribution in [3.05, 3.63) is 64.9 Å². The van der Waals surface area contributed by atoms with Crippen molar-refractivity contribution in [2.45, 2.75) is 38.8 Å². The lowest BCUT2D eigenvalue weighted by Gasteiger charge is -2.22. The molecule has 0 amide bonds. The third-order valence-corrected chi connectivity index (χ3v) is 4.99. The Kier molecular flexibility index (Phi) is 4.71.